The zero-order chi connectivity index (χ0) is 38.6. The second-order valence-electron chi connectivity index (χ2n) is 16.4. The number of benzene rings is 6. The molecule has 0 amide bonds. The van der Waals surface area contributed by atoms with Crippen LogP contribution in [-0.4, -0.2) is 24.3 Å². The van der Waals surface area contributed by atoms with E-state index in [0.717, 1.165) is 18.0 Å². The molecule has 0 saturated carbocycles. The number of hydrogen-bond donors (Lipinski definition) is 0. The van der Waals surface area contributed by atoms with Crippen LogP contribution in [0.1, 0.15) is 43.0 Å². The highest BCUT2D eigenvalue weighted by atomic mass is 28.3. The molecule has 276 valence electrons. The molecule has 0 saturated heterocycles. The van der Waals surface area contributed by atoms with Crippen LogP contribution in [0.2, 0.25) is 0 Å². The minimum Gasteiger partial charge on any atom is -0.328 e. The Balaban J connectivity index is 1.26. The quantitative estimate of drug-likeness (QED) is 0.120. The van der Waals surface area contributed by atoms with Crippen molar-refractivity contribution < 1.29 is 0 Å². The Kier molecular flexibility index (Phi) is 8.78. The van der Waals surface area contributed by atoms with Gasteiger partial charge in [0.15, 0.2) is 8.07 Å². The summed E-state index contributed by atoms with van der Waals surface area (Å²) in [5.41, 5.74) is 9.97. The third kappa shape index (κ3) is 5.94. The van der Waals surface area contributed by atoms with Crippen LogP contribution in [0.15, 0.2) is 170 Å². The Morgan fingerprint density at radius 1 is 0.518 bits per heavy atom. The van der Waals surface area contributed by atoms with Crippen molar-refractivity contribution in [1.29, 1.82) is 0 Å². The summed E-state index contributed by atoms with van der Waals surface area (Å²) in [7, 11) is -2.91. The van der Waals surface area contributed by atoms with Gasteiger partial charge in [0.1, 0.15) is 5.82 Å². The lowest BCUT2D eigenvalue weighted by molar-refractivity contribution is 0.588. The summed E-state index contributed by atoms with van der Waals surface area (Å²) >= 11 is 0. The van der Waals surface area contributed by atoms with E-state index in [1.54, 1.807) is 0 Å². The second-order valence-corrected chi connectivity index (χ2v) is 20.2. The molecule has 0 fully saturated rings. The zero-order valence-electron chi connectivity index (χ0n) is 33.2. The molecular weight excluding hydrogens is 697 g/mol. The van der Waals surface area contributed by atoms with E-state index in [9.17, 15) is 0 Å². The number of nitrogens with zero attached hydrogens (tertiary/aromatic N) is 4. The lowest BCUT2D eigenvalue weighted by Crippen LogP contribution is -2.74. The molecule has 5 heteroatoms. The van der Waals surface area contributed by atoms with Gasteiger partial charge in [-0.25, -0.2) is 4.98 Å². The fourth-order valence-electron chi connectivity index (χ4n) is 8.75. The molecule has 0 spiro atoms. The Labute approximate surface area is 332 Å². The maximum absolute atomic E-state index is 5.02. The highest BCUT2D eigenvalue weighted by Crippen LogP contribution is 2.34. The predicted molar refractivity (Wildman–Crippen MR) is 241 cm³/mol. The summed E-state index contributed by atoms with van der Waals surface area (Å²) in [5.74, 6) is 0.943. The van der Waals surface area contributed by atoms with E-state index in [1.165, 1.54) is 70.7 Å². The van der Waals surface area contributed by atoms with E-state index in [2.05, 4.69) is 220 Å². The highest BCUT2D eigenvalue weighted by molar-refractivity contribution is 7.20. The Hall–Kier alpha value is -6.17. The Morgan fingerprint density at radius 3 is 1.88 bits per heavy atom. The Morgan fingerprint density at radius 2 is 1.14 bits per heavy atom. The summed E-state index contributed by atoms with van der Waals surface area (Å²) in [6.45, 7) is 14.2. The molecule has 8 aromatic rings. The molecule has 0 N–H and O–H groups in total. The lowest BCUT2D eigenvalue weighted by Gasteiger charge is -2.35. The van der Waals surface area contributed by atoms with Gasteiger partial charge in [0.05, 0.1) is 17.7 Å². The average Bonchev–Trinajstić information content (AvgIpc) is 3.84. The molecule has 4 nitrogen and oxygen atoms in total. The van der Waals surface area contributed by atoms with Gasteiger partial charge in [-0.15, -0.1) is 0 Å². The van der Waals surface area contributed by atoms with Crippen molar-refractivity contribution in [2.45, 2.75) is 47.0 Å². The predicted octanol–water partition coefficient (Wildman–Crippen LogP) is 9.53. The van der Waals surface area contributed by atoms with Gasteiger partial charge in [0.25, 0.3) is 0 Å². The molecule has 6 aromatic carbocycles. The highest BCUT2D eigenvalue weighted by Gasteiger charge is 2.42. The summed E-state index contributed by atoms with van der Waals surface area (Å²) in [6.07, 6.45) is 6.41. The fourth-order valence-corrected chi connectivity index (χ4v) is 13.5. The summed E-state index contributed by atoms with van der Waals surface area (Å²) in [4.78, 5) is 9.76. The van der Waals surface area contributed by atoms with Crippen LogP contribution in [0, 0.1) is 20.8 Å². The monoisotopic (exact) mass is 744 g/mol. The van der Waals surface area contributed by atoms with Crippen molar-refractivity contribution in [3.05, 3.63) is 193 Å². The molecule has 0 bridgehead atoms. The number of hydrogen-bond acceptors (Lipinski definition) is 3. The maximum atomic E-state index is 5.02. The first-order chi connectivity index (χ1) is 27.1. The molecule has 1 aliphatic heterocycles. The van der Waals surface area contributed by atoms with E-state index in [0.29, 0.717) is 0 Å². The number of para-hydroxylation sites is 1. The van der Waals surface area contributed by atoms with E-state index >= 15 is 0 Å². The number of anilines is 2. The Bertz CT molecular complexity index is 2720. The molecule has 0 radical (unpaired) electrons. The smallest absolute Gasteiger partial charge is 0.179 e. The van der Waals surface area contributed by atoms with Crippen molar-refractivity contribution in [3.8, 4) is 5.82 Å². The van der Waals surface area contributed by atoms with Crippen LogP contribution in [0.3, 0.4) is 0 Å². The van der Waals surface area contributed by atoms with Gasteiger partial charge in [-0.3, -0.25) is 4.57 Å². The summed E-state index contributed by atoms with van der Waals surface area (Å²) in [5, 5.41) is 7.84. The first-order valence-electron chi connectivity index (χ1n) is 19.6. The standard InChI is InChI=1S/C51H48N4Si/c1-36-30-38(3)48(31-37(36)2)54-29-28-53(35-54)40-16-15-21-43(33-40)56(41-17-9-7-10-18-41,42-19-11-8-12-20-42)44-24-25-46-45-22-13-14-23-47(45)55(49(46)34-44)50-32-39(26-27-52-50)51(4,5)6/h7-34H,35H2,1-6H3. The lowest BCUT2D eigenvalue weighted by atomic mass is 9.88. The van der Waals surface area contributed by atoms with Gasteiger partial charge in [-0.1, -0.05) is 130 Å². The van der Waals surface area contributed by atoms with Crippen LogP contribution >= 0.6 is 0 Å². The number of rotatable bonds is 7. The van der Waals surface area contributed by atoms with Gasteiger partial charge in [0.2, 0.25) is 0 Å². The SMILES string of the molecule is Cc1cc(C)c(N2C=CN(c3cccc([Si](c4ccccc4)(c4ccccc4)c4ccc5c6ccccc6n(-c6cc(C(C)(C)C)ccn6)c5c4)c3)C2)cc1C. The van der Waals surface area contributed by atoms with Crippen LogP contribution in [0.5, 0.6) is 0 Å². The van der Waals surface area contributed by atoms with Crippen molar-refractivity contribution in [2.24, 2.45) is 0 Å². The van der Waals surface area contributed by atoms with Crippen molar-refractivity contribution in [2.75, 3.05) is 16.5 Å². The van der Waals surface area contributed by atoms with Gasteiger partial charge in [-0.2, -0.15) is 0 Å². The molecule has 1 aliphatic rings. The minimum absolute atomic E-state index is 0.00518. The van der Waals surface area contributed by atoms with Gasteiger partial charge < -0.3 is 9.80 Å². The van der Waals surface area contributed by atoms with Gasteiger partial charge >= 0.3 is 0 Å². The van der Waals surface area contributed by atoms with E-state index in [-0.39, 0.29) is 5.41 Å². The number of fused-ring (bicyclic) bond motifs is 3. The van der Waals surface area contributed by atoms with Crippen molar-refractivity contribution in [3.63, 3.8) is 0 Å². The molecule has 0 atom stereocenters. The number of aryl methyl sites for hydroxylation is 3. The number of aromatic nitrogens is 2. The second kappa shape index (κ2) is 13.8. The largest absolute Gasteiger partial charge is 0.328 e. The number of pyridine rings is 1. The topological polar surface area (TPSA) is 24.3 Å². The molecular formula is C51H48N4Si. The fraction of sp³-hybridized carbons (Fsp3) is 0.157. The maximum Gasteiger partial charge on any atom is 0.179 e. The normalized spacial score (nSPS) is 13.3. The molecule has 56 heavy (non-hydrogen) atoms. The molecule has 3 heterocycles. The van der Waals surface area contributed by atoms with Crippen LogP contribution in [0.4, 0.5) is 11.4 Å². The van der Waals surface area contributed by atoms with Gasteiger partial charge in [0, 0.05) is 40.7 Å². The van der Waals surface area contributed by atoms with Crippen LogP contribution in [-0.2, 0) is 5.41 Å². The van der Waals surface area contributed by atoms with E-state index in [4.69, 9.17) is 4.98 Å². The van der Waals surface area contributed by atoms with E-state index < -0.39 is 8.07 Å². The van der Waals surface area contributed by atoms with Crippen LogP contribution in [0.25, 0.3) is 27.6 Å². The minimum atomic E-state index is -2.91. The van der Waals surface area contributed by atoms with Gasteiger partial charge in [-0.05, 0) is 112 Å². The van der Waals surface area contributed by atoms with Crippen molar-refractivity contribution in [1.82, 2.24) is 9.55 Å². The first-order valence-corrected chi connectivity index (χ1v) is 21.6. The molecule has 0 aliphatic carbocycles. The third-order valence-electron chi connectivity index (χ3n) is 11.8. The average molecular weight is 745 g/mol. The molecule has 9 rings (SSSR count). The summed E-state index contributed by atoms with van der Waals surface area (Å²) < 4.78 is 2.38. The third-order valence-corrected chi connectivity index (χ3v) is 16.6. The molecule has 2 aromatic heterocycles. The zero-order valence-corrected chi connectivity index (χ0v) is 34.2. The summed E-state index contributed by atoms with van der Waals surface area (Å²) in [6, 6.07) is 56.9. The van der Waals surface area contributed by atoms with Crippen molar-refractivity contribution >= 4 is 62.0 Å². The first kappa shape index (κ1) is 35.5. The van der Waals surface area contributed by atoms with E-state index in [1.807, 2.05) is 6.20 Å². The molecule has 0 unspecified atom stereocenters. The van der Waals surface area contributed by atoms with Crippen LogP contribution < -0.4 is 30.5 Å².